The Bertz CT molecular complexity index is 315. The zero-order chi connectivity index (χ0) is 11.4. The Balaban J connectivity index is 1.92. The molecule has 16 heavy (non-hydrogen) atoms. The summed E-state index contributed by atoms with van der Waals surface area (Å²) in [6, 6.07) is 10.5. The molecule has 0 bridgehead atoms. The second kappa shape index (κ2) is 4.98. The molecule has 1 atom stereocenters. The number of rotatable bonds is 4. The lowest BCUT2D eigenvalue weighted by Gasteiger charge is -2.26. The Morgan fingerprint density at radius 3 is 2.50 bits per heavy atom. The van der Waals surface area contributed by atoms with E-state index in [1.807, 2.05) is 37.3 Å². The quantitative estimate of drug-likeness (QED) is 0.815. The third kappa shape index (κ3) is 2.83. The van der Waals surface area contributed by atoms with Crippen LogP contribution >= 0.6 is 0 Å². The number of hydrogen-bond donors (Lipinski definition) is 2. The summed E-state index contributed by atoms with van der Waals surface area (Å²) in [5, 5.41) is 13.9. The van der Waals surface area contributed by atoms with Crippen LogP contribution in [0.3, 0.4) is 0 Å². The van der Waals surface area contributed by atoms with Gasteiger partial charge in [0.2, 0.25) is 0 Å². The molecule has 0 amide bonds. The second-order valence-electron chi connectivity index (χ2n) is 5.00. The van der Waals surface area contributed by atoms with Gasteiger partial charge in [-0.3, -0.25) is 0 Å². The van der Waals surface area contributed by atoms with Gasteiger partial charge < -0.3 is 10.4 Å². The van der Waals surface area contributed by atoms with E-state index in [1.165, 1.54) is 25.7 Å². The highest BCUT2D eigenvalue weighted by molar-refractivity contribution is 5.21. The van der Waals surface area contributed by atoms with Crippen molar-refractivity contribution in [1.82, 2.24) is 5.32 Å². The minimum atomic E-state index is -0.760. The molecule has 2 nitrogen and oxygen atoms in total. The van der Waals surface area contributed by atoms with E-state index in [2.05, 4.69) is 5.32 Å². The van der Waals surface area contributed by atoms with Crippen molar-refractivity contribution in [1.29, 1.82) is 0 Å². The predicted octanol–water partition coefficient (Wildman–Crippen LogP) is 2.43. The second-order valence-corrected chi connectivity index (χ2v) is 5.00. The van der Waals surface area contributed by atoms with Crippen LogP contribution in [-0.4, -0.2) is 17.7 Å². The number of aliphatic hydroxyl groups is 1. The fourth-order valence-electron chi connectivity index (χ4n) is 2.37. The summed E-state index contributed by atoms with van der Waals surface area (Å²) in [5.74, 6) is 0. The molecule has 1 aromatic rings. The molecule has 2 heteroatoms. The zero-order valence-electron chi connectivity index (χ0n) is 9.95. The highest BCUT2D eigenvalue weighted by atomic mass is 16.3. The van der Waals surface area contributed by atoms with Crippen LogP contribution in [-0.2, 0) is 5.60 Å². The van der Waals surface area contributed by atoms with Crippen LogP contribution in [0.4, 0.5) is 0 Å². The van der Waals surface area contributed by atoms with Gasteiger partial charge in [0.05, 0.1) is 5.60 Å². The van der Waals surface area contributed by atoms with E-state index in [0.717, 1.165) is 5.56 Å². The van der Waals surface area contributed by atoms with E-state index in [4.69, 9.17) is 0 Å². The van der Waals surface area contributed by atoms with E-state index in [0.29, 0.717) is 12.6 Å². The lowest BCUT2D eigenvalue weighted by Crippen LogP contribution is -2.39. The maximum absolute atomic E-state index is 10.4. The molecule has 0 aliphatic heterocycles. The summed E-state index contributed by atoms with van der Waals surface area (Å²) >= 11 is 0. The summed E-state index contributed by atoms with van der Waals surface area (Å²) in [7, 11) is 0. The molecule has 1 fully saturated rings. The molecule has 1 unspecified atom stereocenters. The van der Waals surface area contributed by atoms with Crippen LogP contribution in [0.15, 0.2) is 30.3 Å². The van der Waals surface area contributed by atoms with E-state index < -0.39 is 5.60 Å². The van der Waals surface area contributed by atoms with Gasteiger partial charge in [0.15, 0.2) is 0 Å². The van der Waals surface area contributed by atoms with Crippen LogP contribution in [0.1, 0.15) is 38.2 Å². The van der Waals surface area contributed by atoms with Crippen molar-refractivity contribution in [2.45, 2.75) is 44.2 Å². The van der Waals surface area contributed by atoms with Gasteiger partial charge in [-0.05, 0) is 25.3 Å². The van der Waals surface area contributed by atoms with Crippen molar-refractivity contribution >= 4 is 0 Å². The van der Waals surface area contributed by atoms with Crippen molar-refractivity contribution in [3.63, 3.8) is 0 Å². The average molecular weight is 219 g/mol. The first-order valence-electron chi connectivity index (χ1n) is 6.20. The van der Waals surface area contributed by atoms with E-state index >= 15 is 0 Å². The van der Waals surface area contributed by atoms with Crippen LogP contribution in [0.25, 0.3) is 0 Å². The third-order valence-corrected chi connectivity index (χ3v) is 3.49. The van der Waals surface area contributed by atoms with Crippen molar-refractivity contribution in [2.24, 2.45) is 0 Å². The summed E-state index contributed by atoms with van der Waals surface area (Å²) in [6.45, 7) is 2.52. The van der Waals surface area contributed by atoms with Crippen LogP contribution in [0.5, 0.6) is 0 Å². The molecule has 0 aromatic heterocycles. The molecule has 1 aliphatic rings. The Morgan fingerprint density at radius 1 is 1.25 bits per heavy atom. The molecular formula is C14H21NO. The molecule has 0 spiro atoms. The smallest absolute Gasteiger partial charge is 0.0992 e. The number of nitrogens with one attached hydrogen (secondary N) is 1. The van der Waals surface area contributed by atoms with Gasteiger partial charge in [0, 0.05) is 12.6 Å². The molecule has 0 saturated heterocycles. The molecule has 1 aliphatic carbocycles. The molecule has 0 heterocycles. The highest BCUT2D eigenvalue weighted by Crippen LogP contribution is 2.22. The Labute approximate surface area is 97.7 Å². The van der Waals surface area contributed by atoms with Crippen LogP contribution < -0.4 is 5.32 Å². The molecule has 2 rings (SSSR count). The molecule has 2 N–H and O–H groups in total. The van der Waals surface area contributed by atoms with Gasteiger partial charge in [0.25, 0.3) is 0 Å². The highest BCUT2D eigenvalue weighted by Gasteiger charge is 2.24. The maximum atomic E-state index is 10.4. The molecule has 88 valence electrons. The van der Waals surface area contributed by atoms with Crippen molar-refractivity contribution in [2.75, 3.05) is 6.54 Å². The normalized spacial score (nSPS) is 20.9. The number of hydrogen-bond acceptors (Lipinski definition) is 2. The minimum absolute atomic E-state index is 0.607. The van der Waals surface area contributed by atoms with Crippen molar-refractivity contribution in [3.05, 3.63) is 35.9 Å². The van der Waals surface area contributed by atoms with E-state index in [-0.39, 0.29) is 0 Å². The van der Waals surface area contributed by atoms with Gasteiger partial charge in [-0.2, -0.15) is 0 Å². The summed E-state index contributed by atoms with van der Waals surface area (Å²) < 4.78 is 0. The van der Waals surface area contributed by atoms with Gasteiger partial charge in [0.1, 0.15) is 0 Å². The first kappa shape index (κ1) is 11.6. The SMILES string of the molecule is CC(O)(CNC1CCCC1)c1ccccc1. The lowest BCUT2D eigenvalue weighted by molar-refractivity contribution is 0.0540. The Morgan fingerprint density at radius 2 is 1.88 bits per heavy atom. The summed E-state index contributed by atoms with van der Waals surface area (Å²) in [4.78, 5) is 0. The first-order valence-corrected chi connectivity index (χ1v) is 6.20. The average Bonchev–Trinajstić information content (AvgIpc) is 2.81. The zero-order valence-corrected chi connectivity index (χ0v) is 9.95. The monoisotopic (exact) mass is 219 g/mol. The maximum Gasteiger partial charge on any atom is 0.0992 e. The van der Waals surface area contributed by atoms with Crippen LogP contribution in [0, 0.1) is 0 Å². The van der Waals surface area contributed by atoms with Gasteiger partial charge in [-0.1, -0.05) is 43.2 Å². The molecule has 0 radical (unpaired) electrons. The number of benzene rings is 1. The summed E-state index contributed by atoms with van der Waals surface area (Å²) in [5.41, 5.74) is 0.227. The van der Waals surface area contributed by atoms with E-state index in [9.17, 15) is 5.11 Å². The first-order chi connectivity index (χ1) is 7.68. The lowest BCUT2D eigenvalue weighted by atomic mass is 9.96. The van der Waals surface area contributed by atoms with Gasteiger partial charge >= 0.3 is 0 Å². The minimum Gasteiger partial charge on any atom is -0.384 e. The fraction of sp³-hybridized carbons (Fsp3) is 0.571. The molecule has 1 saturated carbocycles. The summed E-state index contributed by atoms with van der Waals surface area (Å²) in [6.07, 6.45) is 5.16. The predicted molar refractivity (Wildman–Crippen MR) is 66.3 cm³/mol. The van der Waals surface area contributed by atoms with Crippen molar-refractivity contribution < 1.29 is 5.11 Å². The fourth-order valence-corrected chi connectivity index (χ4v) is 2.37. The van der Waals surface area contributed by atoms with Gasteiger partial charge in [-0.25, -0.2) is 0 Å². The van der Waals surface area contributed by atoms with Gasteiger partial charge in [-0.15, -0.1) is 0 Å². The topological polar surface area (TPSA) is 32.3 Å². The van der Waals surface area contributed by atoms with Crippen LogP contribution in [0.2, 0.25) is 0 Å². The van der Waals surface area contributed by atoms with Crippen molar-refractivity contribution in [3.8, 4) is 0 Å². The Kier molecular flexibility index (Phi) is 3.62. The third-order valence-electron chi connectivity index (χ3n) is 3.49. The standard InChI is InChI=1S/C14H21NO/c1-14(16,12-7-3-2-4-8-12)11-15-13-9-5-6-10-13/h2-4,7-8,13,15-16H,5-6,9-11H2,1H3. The van der Waals surface area contributed by atoms with E-state index in [1.54, 1.807) is 0 Å². The Hall–Kier alpha value is -0.860. The molecule has 1 aromatic carbocycles. The molecular weight excluding hydrogens is 198 g/mol. The largest absolute Gasteiger partial charge is 0.384 e.